The summed E-state index contributed by atoms with van der Waals surface area (Å²) in [7, 11) is 0. The van der Waals surface area contributed by atoms with Gasteiger partial charge in [0, 0.05) is 16.5 Å². The van der Waals surface area contributed by atoms with Crippen LogP contribution in [0.2, 0.25) is 0 Å². The van der Waals surface area contributed by atoms with Crippen molar-refractivity contribution in [3.05, 3.63) is 84.2 Å². The molecule has 0 aliphatic heterocycles. The van der Waals surface area contributed by atoms with Crippen molar-refractivity contribution < 1.29 is 9.13 Å². The minimum absolute atomic E-state index is 0.107. The molecule has 1 aromatic heterocycles. The van der Waals surface area contributed by atoms with E-state index in [1.807, 2.05) is 62.4 Å². The van der Waals surface area contributed by atoms with Crippen LogP contribution in [0, 0.1) is 5.82 Å². The van der Waals surface area contributed by atoms with Gasteiger partial charge in [-0.25, -0.2) is 14.4 Å². The SMILES string of the molecule is CC(C)Oc1ccc(-c2nc(N/N=C/c3ccccc3F)c3ccccc3n2)cc1. The Morgan fingerprint density at radius 1 is 0.933 bits per heavy atom. The molecule has 0 saturated heterocycles. The third-order valence-corrected chi connectivity index (χ3v) is 4.37. The second kappa shape index (κ2) is 8.69. The molecule has 30 heavy (non-hydrogen) atoms. The first-order chi connectivity index (χ1) is 14.6. The average molecular weight is 400 g/mol. The smallest absolute Gasteiger partial charge is 0.162 e. The Morgan fingerprint density at radius 2 is 1.67 bits per heavy atom. The molecule has 3 aromatic carbocycles. The van der Waals surface area contributed by atoms with Crippen LogP contribution < -0.4 is 10.2 Å². The maximum Gasteiger partial charge on any atom is 0.162 e. The zero-order chi connectivity index (χ0) is 20.9. The average Bonchev–Trinajstić information content (AvgIpc) is 2.75. The molecular weight excluding hydrogens is 379 g/mol. The van der Waals surface area contributed by atoms with E-state index in [1.54, 1.807) is 18.2 Å². The van der Waals surface area contributed by atoms with Crippen LogP contribution in [0.3, 0.4) is 0 Å². The minimum Gasteiger partial charge on any atom is -0.491 e. The Kier molecular flexibility index (Phi) is 5.66. The van der Waals surface area contributed by atoms with E-state index in [0.29, 0.717) is 17.2 Å². The molecule has 0 unspecified atom stereocenters. The lowest BCUT2D eigenvalue weighted by Crippen LogP contribution is -2.05. The largest absolute Gasteiger partial charge is 0.491 e. The molecule has 0 amide bonds. The van der Waals surface area contributed by atoms with Crippen molar-refractivity contribution in [1.29, 1.82) is 0 Å². The van der Waals surface area contributed by atoms with E-state index < -0.39 is 0 Å². The van der Waals surface area contributed by atoms with Gasteiger partial charge in [-0.05, 0) is 56.3 Å². The van der Waals surface area contributed by atoms with Crippen LogP contribution in [-0.2, 0) is 0 Å². The quantitative estimate of drug-likeness (QED) is 0.335. The van der Waals surface area contributed by atoms with Crippen molar-refractivity contribution in [2.75, 3.05) is 5.43 Å². The van der Waals surface area contributed by atoms with Crippen molar-refractivity contribution in [2.45, 2.75) is 20.0 Å². The highest BCUT2D eigenvalue weighted by Crippen LogP contribution is 2.26. The number of benzene rings is 3. The van der Waals surface area contributed by atoms with E-state index in [9.17, 15) is 4.39 Å². The highest BCUT2D eigenvalue weighted by molar-refractivity contribution is 5.91. The number of ether oxygens (including phenoxy) is 1. The van der Waals surface area contributed by atoms with Gasteiger partial charge in [-0.15, -0.1) is 0 Å². The third-order valence-electron chi connectivity index (χ3n) is 4.37. The van der Waals surface area contributed by atoms with Gasteiger partial charge in [0.05, 0.1) is 17.8 Å². The molecule has 1 N–H and O–H groups in total. The number of hydrogen-bond acceptors (Lipinski definition) is 5. The van der Waals surface area contributed by atoms with E-state index in [-0.39, 0.29) is 11.9 Å². The molecule has 0 atom stereocenters. The monoisotopic (exact) mass is 400 g/mol. The molecule has 0 fully saturated rings. The zero-order valence-corrected chi connectivity index (χ0v) is 16.7. The van der Waals surface area contributed by atoms with Crippen LogP contribution in [0.15, 0.2) is 77.9 Å². The maximum absolute atomic E-state index is 13.8. The Morgan fingerprint density at radius 3 is 2.43 bits per heavy atom. The van der Waals surface area contributed by atoms with Gasteiger partial charge in [0.2, 0.25) is 0 Å². The van der Waals surface area contributed by atoms with Crippen LogP contribution >= 0.6 is 0 Å². The van der Waals surface area contributed by atoms with Crippen LogP contribution in [0.5, 0.6) is 5.75 Å². The summed E-state index contributed by atoms with van der Waals surface area (Å²) >= 11 is 0. The molecule has 6 heteroatoms. The number of fused-ring (bicyclic) bond motifs is 1. The number of para-hydroxylation sites is 1. The van der Waals surface area contributed by atoms with Gasteiger partial charge in [0.15, 0.2) is 11.6 Å². The number of halogens is 1. The molecule has 5 nitrogen and oxygen atoms in total. The maximum atomic E-state index is 13.8. The van der Waals surface area contributed by atoms with Crippen molar-refractivity contribution in [2.24, 2.45) is 5.10 Å². The topological polar surface area (TPSA) is 59.4 Å². The molecule has 0 radical (unpaired) electrons. The highest BCUT2D eigenvalue weighted by Gasteiger charge is 2.09. The molecule has 0 aliphatic rings. The molecule has 150 valence electrons. The van der Waals surface area contributed by atoms with Gasteiger partial charge < -0.3 is 4.74 Å². The highest BCUT2D eigenvalue weighted by atomic mass is 19.1. The van der Waals surface area contributed by atoms with E-state index >= 15 is 0 Å². The van der Waals surface area contributed by atoms with E-state index in [4.69, 9.17) is 4.74 Å². The van der Waals surface area contributed by atoms with Gasteiger partial charge in [0.25, 0.3) is 0 Å². The van der Waals surface area contributed by atoms with Crippen molar-refractivity contribution in [3.8, 4) is 17.1 Å². The minimum atomic E-state index is -0.333. The van der Waals surface area contributed by atoms with E-state index in [0.717, 1.165) is 22.2 Å². The third kappa shape index (κ3) is 4.43. The van der Waals surface area contributed by atoms with E-state index in [1.165, 1.54) is 12.3 Å². The number of hydrazone groups is 1. The first kappa shape index (κ1) is 19.5. The van der Waals surface area contributed by atoms with Crippen molar-refractivity contribution in [1.82, 2.24) is 9.97 Å². The lowest BCUT2D eigenvalue weighted by atomic mass is 10.1. The summed E-state index contributed by atoms with van der Waals surface area (Å²) in [6.07, 6.45) is 1.54. The van der Waals surface area contributed by atoms with Gasteiger partial charge in [0.1, 0.15) is 11.6 Å². The fourth-order valence-corrected chi connectivity index (χ4v) is 2.99. The fraction of sp³-hybridized carbons (Fsp3) is 0.125. The van der Waals surface area contributed by atoms with Gasteiger partial charge in [-0.3, -0.25) is 5.43 Å². The molecule has 0 bridgehead atoms. The molecule has 4 aromatic rings. The Hall–Kier alpha value is -3.80. The van der Waals surface area contributed by atoms with Gasteiger partial charge >= 0.3 is 0 Å². The second-order valence-corrected chi connectivity index (χ2v) is 7.00. The molecular formula is C24H21FN4O. The second-order valence-electron chi connectivity index (χ2n) is 7.00. The lowest BCUT2D eigenvalue weighted by molar-refractivity contribution is 0.242. The van der Waals surface area contributed by atoms with Crippen LogP contribution in [-0.4, -0.2) is 22.3 Å². The summed E-state index contributed by atoms with van der Waals surface area (Å²) in [5.74, 6) is 1.57. The predicted molar refractivity (Wildman–Crippen MR) is 118 cm³/mol. The summed E-state index contributed by atoms with van der Waals surface area (Å²) < 4.78 is 19.5. The zero-order valence-electron chi connectivity index (χ0n) is 16.7. The molecule has 0 saturated carbocycles. The summed E-state index contributed by atoms with van der Waals surface area (Å²) in [4.78, 5) is 9.32. The summed E-state index contributed by atoms with van der Waals surface area (Å²) in [6.45, 7) is 3.97. The molecule has 0 spiro atoms. The number of hydrogen-bond donors (Lipinski definition) is 1. The predicted octanol–water partition coefficient (Wildman–Crippen LogP) is 5.67. The molecule has 0 aliphatic carbocycles. The lowest BCUT2D eigenvalue weighted by Gasteiger charge is -2.11. The molecule has 4 rings (SSSR count). The summed E-state index contributed by atoms with van der Waals surface area (Å²) in [6, 6.07) is 21.8. The Labute approximate surface area is 174 Å². The van der Waals surface area contributed by atoms with Crippen molar-refractivity contribution >= 4 is 22.9 Å². The number of anilines is 1. The molecule has 1 heterocycles. The number of aromatic nitrogens is 2. The number of nitrogens with one attached hydrogen (secondary N) is 1. The van der Waals surface area contributed by atoms with Gasteiger partial charge in [-0.1, -0.05) is 30.3 Å². The first-order valence-electron chi connectivity index (χ1n) is 9.67. The van der Waals surface area contributed by atoms with E-state index in [2.05, 4.69) is 20.5 Å². The van der Waals surface area contributed by atoms with Gasteiger partial charge in [-0.2, -0.15) is 5.10 Å². The summed E-state index contributed by atoms with van der Waals surface area (Å²) in [5.41, 5.74) is 4.98. The fourth-order valence-electron chi connectivity index (χ4n) is 2.99. The van der Waals surface area contributed by atoms with Crippen LogP contribution in [0.4, 0.5) is 10.2 Å². The van der Waals surface area contributed by atoms with Crippen molar-refractivity contribution in [3.63, 3.8) is 0 Å². The Balaban J connectivity index is 1.66. The Bertz CT molecular complexity index is 1190. The van der Waals surface area contributed by atoms with Crippen LogP contribution in [0.25, 0.3) is 22.3 Å². The summed E-state index contributed by atoms with van der Waals surface area (Å²) in [5, 5.41) is 5.00. The number of rotatable bonds is 6. The first-order valence-corrected chi connectivity index (χ1v) is 9.67. The number of nitrogens with zero attached hydrogens (tertiary/aromatic N) is 3. The standard InChI is InChI=1S/C24H21FN4O/c1-16(2)30-19-13-11-17(12-14-19)23-27-22-10-6-4-8-20(22)24(28-23)29-26-15-18-7-3-5-9-21(18)25/h3-16H,1-2H3,(H,27,28,29)/b26-15+. The van der Waals surface area contributed by atoms with Crippen LogP contribution in [0.1, 0.15) is 19.4 Å². The normalized spacial score (nSPS) is 11.3.